The molecule has 114 valence electrons. The third kappa shape index (κ3) is 2.72. The van der Waals surface area contributed by atoms with Gasteiger partial charge in [0.2, 0.25) is 0 Å². The molecule has 4 heteroatoms. The summed E-state index contributed by atoms with van der Waals surface area (Å²) in [5, 5.41) is 0. The number of hydrogen-bond donors (Lipinski definition) is 0. The van der Waals surface area contributed by atoms with Crippen molar-refractivity contribution in [3.8, 4) is 11.1 Å². The van der Waals surface area contributed by atoms with Gasteiger partial charge in [0.25, 0.3) is 0 Å². The minimum absolute atomic E-state index is 0.374. The van der Waals surface area contributed by atoms with E-state index in [2.05, 4.69) is 0 Å². The minimum atomic E-state index is -0.374. The summed E-state index contributed by atoms with van der Waals surface area (Å²) in [6, 6.07) is 10.9. The summed E-state index contributed by atoms with van der Waals surface area (Å²) in [5.41, 5.74) is 4.46. The van der Waals surface area contributed by atoms with Crippen molar-refractivity contribution in [1.82, 2.24) is 0 Å². The van der Waals surface area contributed by atoms with E-state index in [0.29, 0.717) is 11.1 Å². The summed E-state index contributed by atoms with van der Waals surface area (Å²) in [6.45, 7) is 3.73. The Labute approximate surface area is 129 Å². The van der Waals surface area contributed by atoms with E-state index in [1.165, 1.54) is 14.2 Å². The zero-order chi connectivity index (χ0) is 16.3. The summed E-state index contributed by atoms with van der Waals surface area (Å²) in [5.74, 6) is -0.748. The standard InChI is InChI=1S/C18H18O4/c1-11-13(7-5-9-15(11)17(19)21-3)14-8-6-10-16(12(14)2)18(20)22-4/h5-10H,1-4H3. The van der Waals surface area contributed by atoms with Crippen molar-refractivity contribution in [3.05, 3.63) is 58.7 Å². The molecule has 2 aromatic carbocycles. The fourth-order valence-corrected chi connectivity index (χ4v) is 2.52. The van der Waals surface area contributed by atoms with Crippen molar-refractivity contribution in [3.63, 3.8) is 0 Å². The highest BCUT2D eigenvalue weighted by molar-refractivity contribution is 5.96. The van der Waals surface area contributed by atoms with E-state index in [9.17, 15) is 9.59 Å². The third-order valence-corrected chi connectivity index (χ3v) is 3.77. The van der Waals surface area contributed by atoms with Crippen LogP contribution in [0.1, 0.15) is 31.8 Å². The van der Waals surface area contributed by atoms with Gasteiger partial charge in [-0.15, -0.1) is 0 Å². The van der Waals surface area contributed by atoms with Gasteiger partial charge in [-0.25, -0.2) is 9.59 Å². The molecule has 4 nitrogen and oxygen atoms in total. The Kier molecular flexibility index (Phi) is 4.61. The van der Waals surface area contributed by atoms with Crippen LogP contribution in [0.25, 0.3) is 11.1 Å². The Morgan fingerprint density at radius 2 is 1.09 bits per heavy atom. The molecule has 0 amide bonds. The van der Waals surface area contributed by atoms with Crippen molar-refractivity contribution in [2.45, 2.75) is 13.8 Å². The Balaban J connectivity index is 2.63. The van der Waals surface area contributed by atoms with Crippen LogP contribution in [0, 0.1) is 13.8 Å². The molecule has 0 N–H and O–H groups in total. The third-order valence-electron chi connectivity index (χ3n) is 3.77. The summed E-state index contributed by atoms with van der Waals surface area (Å²) in [4.78, 5) is 23.7. The van der Waals surface area contributed by atoms with Gasteiger partial charge in [-0.1, -0.05) is 24.3 Å². The first-order valence-electron chi connectivity index (χ1n) is 6.87. The Morgan fingerprint density at radius 3 is 1.41 bits per heavy atom. The molecule has 0 aliphatic heterocycles. The zero-order valence-corrected chi connectivity index (χ0v) is 13.1. The maximum absolute atomic E-state index is 11.8. The van der Waals surface area contributed by atoms with Crippen molar-refractivity contribution in [2.24, 2.45) is 0 Å². The van der Waals surface area contributed by atoms with E-state index >= 15 is 0 Å². The summed E-state index contributed by atoms with van der Waals surface area (Å²) < 4.78 is 9.61. The van der Waals surface area contributed by atoms with Gasteiger partial charge in [0.05, 0.1) is 25.3 Å². The first-order valence-corrected chi connectivity index (χ1v) is 6.87. The lowest BCUT2D eigenvalue weighted by atomic mass is 9.91. The van der Waals surface area contributed by atoms with Crippen LogP contribution in [0.5, 0.6) is 0 Å². The van der Waals surface area contributed by atoms with Crippen molar-refractivity contribution >= 4 is 11.9 Å². The van der Waals surface area contributed by atoms with Crippen molar-refractivity contribution in [2.75, 3.05) is 14.2 Å². The average molecular weight is 298 g/mol. The van der Waals surface area contributed by atoms with Gasteiger partial charge >= 0.3 is 11.9 Å². The van der Waals surface area contributed by atoms with Gasteiger partial charge in [0.15, 0.2) is 0 Å². The SMILES string of the molecule is COC(=O)c1cccc(-c2cccc(C(=O)OC)c2C)c1C. The molecule has 0 saturated carbocycles. The van der Waals surface area contributed by atoms with E-state index in [1.807, 2.05) is 26.0 Å². The van der Waals surface area contributed by atoms with Gasteiger partial charge in [0, 0.05) is 0 Å². The molecule has 0 heterocycles. The first kappa shape index (κ1) is 15.8. The largest absolute Gasteiger partial charge is 0.465 e. The van der Waals surface area contributed by atoms with Crippen LogP contribution in [0.4, 0.5) is 0 Å². The highest BCUT2D eigenvalue weighted by Crippen LogP contribution is 2.30. The molecule has 0 aromatic heterocycles. The molecule has 0 aliphatic rings. The second-order valence-corrected chi connectivity index (χ2v) is 4.94. The van der Waals surface area contributed by atoms with Gasteiger partial charge in [-0.05, 0) is 48.2 Å². The van der Waals surface area contributed by atoms with Gasteiger partial charge in [0.1, 0.15) is 0 Å². The normalized spacial score (nSPS) is 10.2. The topological polar surface area (TPSA) is 52.6 Å². The van der Waals surface area contributed by atoms with Crippen LogP contribution in [0.3, 0.4) is 0 Å². The summed E-state index contributed by atoms with van der Waals surface area (Å²) in [7, 11) is 2.72. The smallest absolute Gasteiger partial charge is 0.338 e. The number of esters is 2. The van der Waals surface area contributed by atoms with Crippen LogP contribution >= 0.6 is 0 Å². The fraction of sp³-hybridized carbons (Fsp3) is 0.222. The predicted octanol–water partition coefficient (Wildman–Crippen LogP) is 3.54. The number of ether oxygens (including phenoxy) is 2. The van der Waals surface area contributed by atoms with E-state index in [-0.39, 0.29) is 11.9 Å². The lowest BCUT2D eigenvalue weighted by Crippen LogP contribution is -2.07. The maximum atomic E-state index is 11.8. The number of hydrogen-bond acceptors (Lipinski definition) is 4. The average Bonchev–Trinajstić information content (AvgIpc) is 2.54. The lowest BCUT2D eigenvalue weighted by molar-refractivity contribution is 0.0590. The van der Waals surface area contributed by atoms with E-state index < -0.39 is 0 Å². The van der Waals surface area contributed by atoms with Gasteiger partial charge < -0.3 is 9.47 Å². The number of carbonyl (C=O) groups is 2. The van der Waals surface area contributed by atoms with E-state index in [1.54, 1.807) is 24.3 Å². The molecule has 0 aliphatic carbocycles. The summed E-state index contributed by atoms with van der Waals surface area (Å²) in [6.07, 6.45) is 0. The molecule has 0 saturated heterocycles. The number of methoxy groups -OCH3 is 2. The predicted molar refractivity (Wildman–Crippen MR) is 84.0 cm³/mol. The van der Waals surface area contributed by atoms with Crippen molar-refractivity contribution in [1.29, 1.82) is 0 Å². The first-order chi connectivity index (χ1) is 10.5. The zero-order valence-electron chi connectivity index (χ0n) is 13.1. The van der Waals surface area contributed by atoms with Crippen LogP contribution in [-0.2, 0) is 9.47 Å². The monoisotopic (exact) mass is 298 g/mol. The van der Waals surface area contributed by atoms with Crippen LogP contribution in [0.15, 0.2) is 36.4 Å². The molecule has 2 rings (SSSR count). The molecule has 0 bridgehead atoms. The van der Waals surface area contributed by atoms with Gasteiger partial charge in [-0.2, -0.15) is 0 Å². The second-order valence-electron chi connectivity index (χ2n) is 4.94. The van der Waals surface area contributed by atoms with Crippen molar-refractivity contribution < 1.29 is 19.1 Å². The Bertz CT molecular complexity index is 668. The van der Waals surface area contributed by atoms with E-state index in [0.717, 1.165) is 22.3 Å². The van der Waals surface area contributed by atoms with Gasteiger partial charge in [-0.3, -0.25) is 0 Å². The minimum Gasteiger partial charge on any atom is -0.465 e. The molecule has 0 atom stereocenters. The molecule has 0 fully saturated rings. The Morgan fingerprint density at radius 1 is 0.727 bits per heavy atom. The van der Waals surface area contributed by atoms with Crippen LogP contribution in [0.2, 0.25) is 0 Å². The Hall–Kier alpha value is -2.62. The quantitative estimate of drug-likeness (QED) is 0.813. The van der Waals surface area contributed by atoms with Crippen LogP contribution < -0.4 is 0 Å². The maximum Gasteiger partial charge on any atom is 0.338 e. The van der Waals surface area contributed by atoms with Crippen LogP contribution in [-0.4, -0.2) is 26.2 Å². The molecular weight excluding hydrogens is 280 g/mol. The molecule has 0 spiro atoms. The molecule has 0 unspecified atom stereocenters. The number of rotatable bonds is 3. The second kappa shape index (κ2) is 6.43. The fourth-order valence-electron chi connectivity index (χ4n) is 2.52. The lowest BCUT2D eigenvalue weighted by Gasteiger charge is -2.14. The molecule has 2 aromatic rings. The molecule has 0 radical (unpaired) electrons. The molecule has 22 heavy (non-hydrogen) atoms. The number of carbonyl (C=O) groups excluding carboxylic acids is 2. The number of benzene rings is 2. The highest BCUT2D eigenvalue weighted by Gasteiger charge is 2.17. The molecular formula is C18H18O4. The highest BCUT2D eigenvalue weighted by atomic mass is 16.5. The van der Waals surface area contributed by atoms with E-state index in [4.69, 9.17) is 9.47 Å². The summed E-state index contributed by atoms with van der Waals surface area (Å²) >= 11 is 0.